The van der Waals surface area contributed by atoms with Crippen LogP contribution in [0.2, 0.25) is 0 Å². The molecule has 2 heterocycles. The molecular weight excluding hydrogens is 260 g/mol. The zero-order valence-corrected chi connectivity index (χ0v) is 12.1. The number of carbonyl (C=O) groups is 2. The smallest absolute Gasteiger partial charge is 0.310 e. The minimum Gasteiger partial charge on any atom is -0.466 e. The van der Waals surface area contributed by atoms with Crippen LogP contribution in [0.4, 0.5) is 0 Å². The highest BCUT2D eigenvalue weighted by Gasteiger charge is 2.31. The number of carbonyl (C=O) groups excluding carboxylic acids is 2. The fourth-order valence-corrected chi connectivity index (χ4v) is 2.49. The standard InChI is InChI=1S/C14H20N2O4/c1-4-19-14(18)11-6-5-7-16(8-11)13(17)12-9(2)15-10(3)20-12/h11H,4-8H2,1-3H3/t11-/m0/s1. The van der Waals surface area contributed by atoms with Gasteiger partial charge in [0, 0.05) is 20.0 Å². The predicted octanol–water partition coefficient (Wildman–Crippen LogP) is 1.71. The summed E-state index contributed by atoms with van der Waals surface area (Å²) in [6.07, 6.45) is 1.55. The van der Waals surface area contributed by atoms with Crippen molar-refractivity contribution in [3.63, 3.8) is 0 Å². The molecule has 0 bridgehead atoms. The first kappa shape index (κ1) is 14.6. The van der Waals surface area contributed by atoms with Gasteiger partial charge in [-0.1, -0.05) is 0 Å². The summed E-state index contributed by atoms with van der Waals surface area (Å²) in [7, 11) is 0. The van der Waals surface area contributed by atoms with Crippen LogP contribution in [0.15, 0.2) is 4.42 Å². The molecule has 2 rings (SSSR count). The van der Waals surface area contributed by atoms with E-state index in [1.54, 1.807) is 25.7 Å². The molecule has 0 spiro atoms. The number of amides is 1. The second-order valence-electron chi connectivity index (χ2n) is 4.99. The van der Waals surface area contributed by atoms with Crippen molar-refractivity contribution in [1.82, 2.24) is 9.88 Å². The van der Waals surface area contributed by atoms with Gasteiger partial charge in [0.2, 0.25) is 5.76 Å². The van der Waals surface area contributed by atoms with E-state index >= 15 is 0 Å². The monoisotopic (exact) mass is 280 g/mol. The number of aryl methyl sites for hydroxylation is 2. The number of oxazole rings is 1. The molecule has 6 heteroatoms. The summed E-state index contributed by atoms with van der Waals surface area (Å²) in [6.45, 7) is 6.62. The Hall–Kier alpha value is -1.85. The Morgan fingerprint density at radius 1 is 1.45 bits per heavy atom. The number of piperidine rings is 1. The van der Waals surface area contributed by atoms with Crippen molar-refractivity contribution in [3.8, 4) is 0 Å². The third-order valence-electron chi connectivity index (χ3n) is 3.43. The van der Waals surface area contributed by atoms with Crippen LogP contribution in [0.3, 0.4) is 0 Å². The Labute approximate surface area is 118 Å². The third kappa shape index (κ3) is 3.00. The van der Waals surface area contributed by atoms with Crippen molar-refractivity contribution < 1.29 is 18.7 Å². The number of hydrogen-bond donors (Lipinski definition) is 0. The minimum atomic E-state index is -0.239. The summed E-state index contributed by atoms with van der Waals surface area (Å²) < 4.78 is 10.4. The van der Waals surface area contributed by atoms with E-state index in [9.17, 15) is 9.59 Å². The first-order valence-corrected chi connectivity index (χ1v) is 6.92. The Balaban J connectivity index is 2.07. The van der Waals surface area contributed by atoms with E-state index in [-0.39, 0.29) is 23.6 Å². The van der Waals surface area contributed by atoms with Gasteiger partial charge < -0.3 is 14.1 Å². The maximum Gasteiger partial charge on any atom is 0.310 e. The van der Waals surface area contributed by atoms with Crippen molar-refractivity contribution in [2.75, 3.05) is 19.7 Å². The molecule has 1 saturated heterocycles. The normalized spacial score (nSPS) is 18.9. The maximum atomic E-state index is 12.4. The van der Waals surface area contributed by atoms with Crippen LogP contribution in [0.5, 0.6) is 0 Å². The average molecular weight is 280 g/mol. The van der Waals surface area contributed by atoms with E-state index in [0.717, 1.165) is 12.8 Å². The first-order chi connectivity index (χ1) is 9.52. The van der Waals surface area contributed by atoms with Gasteiger partial charge in [0.1, 0.15) is 0 Å². The number of nitrogens with zero attached hydrogens (tertiary/aromatic N) is 2. The van der Waals surface area contributed by atoms with E-state index in [1.165, 1.54) is 0 Å². The van der Waals surface area contributed by atoms with Crippen molar-refractivity contribution in [3.05, 3.63) is 17.3 Å². The van der Waals surface area contributed by atoms with Gasteiger partial charge in [-0.3, -0.25) is 9.59 Å². The average Bonchev–Trinajstić information content (AvgIpc) is 2.77. The van der Waals surface area contributed by atoms with E-state index in [2.05, 4.69) is 4.98 Å². The van der Waals surface area contributed by atoms with Crippen molar-refractivity contribution in [2.24, 2.45) is 5.92 Å². The highest BCUT2D eigenvalue weighted by Crippen LogP contribution is 2.21. The predicted molar refractivity (Wildman–Crippen MR) is 71.2 cm³/mol. The van der Waals surface area contributed by atoms with Crippen LogP contribution in [-0.4, -0.2) is 41.5 Å². The molecule has 0 unspecified atom stereocenters. The van der Waals surface area contributed by atoms with E-state index < -0.39 is 0 Å². The van der Waals surface area contributed by atoms with Gasteiger partial charge in [-0.15, -0.1) is 0 Å². The van der Waals surface area contributed by atoms with Crippen LogP contribution < -0.4 is 0 Å². The Morgan fingerprint density at radius 2 is 2.20 bits per heavy atom. The minimum absolute atomic E-state index is 0.197. The lowest BCUT2D eigenvalue weighted by Crippen LogP contribution is -2.42. The third-order valence-corrected chi connectivity index (χ3v) is 3.43. The highest BCUT2D eigenvalue weighted by molar-refractivity contribution is 5.92. The highest BCUT2D eigenvalue weighted by atomic mass is 16.5. The molecule has 1 aliphatic rings. The van der Waals surface area contributed by atoms with Crippen LogP contribution in [-0.2, 0) is 9.53 Å². The molecule has 0 aromatic carbocycles. The Bertz CT molecular complexity index is 509. The van der Waals surface area contributed by atoms with Crippen molar-refractivity contribution in [2.45, 2.75) is 33.6 Å². The number of esters is 1. The van der Waals surface area contributed by atoms with Crippen molar-refractivity contribution in [1.29, 1.82) is 0 Å². The van der Waals surface area contributed by atoms with Gasteiger partial charge in [0.05, 0.1) is 18.2 Å². The molecule has 20 heavy (non-hydrogen) atoms. The molecule has 0 saturated carbocycles. The fourth-order valence-electron chi connectivity index (χ4n) is 2.49. The van der Waals surface area contributed by atoms with Crippen LogP contribution in [0.1, 0.15) is 41.9 Å². The molecule has 1 aliphatic heterocycles. The molecule has 0 aliphatic carbocycles. The van der Waals surface area contributed by atoms with E-state index in [4.69, 9.17) is 9.15 Å². The van der Waals surface area contributed by atoms with Gasteiger partial charge in [-0.05, 0) is 26.7 Å². The lowest BCUT2D eigenvalue weighted by atomic mass is 9.98. The number of aromatic nitrogens is 1. The van der Waals surface area contributed by atoms with E-state index in [1.807, 2.05) is 0 Å². The number of rotatable bonds is 3. The van der Waals surface area contributed by atoms with Crippen LogP contribution >= 0.6 is 0 Å². The van der Waals surface area contributed by atoms with E-state index in [0.29, 0.717) is 31.3 Å². The number of hydrogen-bond acceptors (Lipinski definition) is 5. The molecule has 1 aromatic heterocycles. The Morgan fingerprint density at radius 3 is 2.80 bits per heavy atom. The summed E-state index contributed by atoms with van der Waals surface area (Å²) in [6, 6.07) is 0. The summed E-state index contributed by atoms with van der Waals surface area (Å²) in [5, 5.41) is 0. The van der Waals surface area contributed by atoms with Gasteiger partial charge in [-0.25, -0.2) is 4.98 Å². The molecule has 0 N–H and O–H groups in total. The largest absolute Gasteiger partial charge is 0.466 e. The summed E-state index contributed by atoms with van der Waals surface area (Å²) in [5.41, 5.74) is 0.589. The SMILES string of the molecule is CCOC(=O)[C@H]1CCCN(C(=O)c2oc(C)nc2C)C1. The molecule has 1 amide bonds. The second-order valence-corrected chi connectivity index (χ2v) is 4.99. The summed E-state index contributed by atoms with van der Waals surface area (Å²) in [4.78, 5) is 29.9. The molecular formula is C14H20N2O4. The number of likely N-dealkylation sites (tertiary alicyclic amines) is 1. The van der Waals surface area contributed by atoms with Crippen molar-refractivity contribution >= 4 is 11.9 Å². The van der Waals surface area contributed by atoms with Crippen LogP contribution in [0, 0.1) is 19.8 Å². The van der Waals surface area contributed by atoms with Gasteiger partial charge in [0.25, 0.3) is 5.91 Å². The molecule has 6 nitrogen and oxygen atoms in total. The summed E-state index contributed by atoms with van der Waals surface area (Å²) >= 11 is 0. The first-order valence-electron chi connectivity index (χ1n) is 6.92. The lowest BCUT2D eigenvalue weighted by molar-refractivity contribution is -0.149. The molecule has 0 radical (unpaired) electrons. The lowest BCUT2D eigenvalue weighted by Gasteiger charge is -2.30. The zero-order valence-electron chi connectivity index (χ0n) is 12.1. The maximum absolute atomic E-state index is 12.4. The van der Waals surface area contributed by atoms with Gasteiger partial charge >= 0.3 is 5.97 Å². The fraction of sp³-hybridized carbons (Fsp3) is 0.643. The molecule has 110 valence electrons. The van der Waals surface area contributed by atoms with Gasteiger partial charge in [-0.2, -0.15) is 0 Å². The Kier molecular flexibility index (Phi) is 4.42. The molecule has 1 aromatic rings. The molecule has 1 atom stereocenters. The zero-order chi connectivity index (χ0) is 14.7. The van der Waals surface area contributed by atoms with Crippen LogP contribution in [0.25, 0.3) is 0 Å². The summed E-state index contributed by atoms with van der Waals surface area (Å²) in [5.74, 6) is 0.0846. The van der Waals surface area contributed by atoms with Gasteiger partial charge in [0.15, 0.2) is 5.89 Å². The molecule has 1 fully saturated rings. The second kappa shape index (κ2) is 6.07. The topological polar surface area (TPSA) is 72.6 Å². The number of ether oxygens (including phenoxy) is 1. The quantitative estimate of drug-likeness (QED) is 0.788.